The summed E-state index contributed by atoms with van der Waals surface area (Å²) in [4.78, 5) is 0. The molecule has 0 N–H and O–H groups in total. The van der Waals surface area contributed by atoms with Gasteiger partial charge in [-0.15, -0.1) is 34.8 Å². The van der Waals surface area contributed by atoms with E-state index >= 15 is 0 Å². The lowest BCUT2D eigenvalue weighted by atomic mass is 10.3. The van der Waals surface area contributed by atoms with Crippen molar-refractivity contribution in [1.82, 2.24) is 0 Å². The number of halogens is 3. The first kappa shape index (κ1) is 8.87. The second kappa shape index (κ2) is 4.72. The van der Waals surface area contributed by atoms with Gasteiger partial charge in [-0.3, -0.25) is 0 Å². The molecule has 0 nitrogen and oxygen atoms in total. The lowest BCUT2D eigenvalue weighted by Gasteiger charge is -2.08. The molecule has 0 rings (SSSR count). The third-order valence-corrected chi connectivity index (χ3v) is 2.62. The zero-order chi connectivity index (χ0) is 6.57. The van der Waals surface area contributed by atoms with Crippen molar-refractivity contribution in [2.24, 2.45) is 0 Å². The molecule has 0 aliphatic heterocycles. The molecular weight excluding hydrogens is 166 g/mol. The fraction of sp³-hybridized carbons (Fsp3) is 1.00. The normalized spacial score (nSPS) is 18.0. The van der Waals surface area contributed by atoms with Gasteiger partial charge < -0.3 is 0 Å². The van der Waals surface area contributed by atoms with Crippen LogP contribution in [0.5, 0.6) is 0 Å². The van der Waals surface area contributed by atoms with E-state index in [0.29, 0.717) is 5.88 Å². The number of hydrogen-bond acceptors (Lipinski definition) is 0. The second-order valence-electron chi connectivity index (χ2n) is 1.59. The van der Waals surface area contributed by atoms with E-state index in [4.69, 9.17) is 34.8 Å². The van der Waals surface area contributed by atoms with E-state index in [0.717, 1.165) is 6.42 Å². The van der Waals surface area contributed by atoms with Crippen LogP contribution in [0.4, 0.5) is 0 Å². The monoisotopic (exact) mass is 174 g/mol. The molecule has 0 aromatic heterocycles. The molecular formula is C5H9Cl3. The van der Waals surface area contributed by atoms with Crippen molar-refractivity contribution in [3.63, 3.8) is 0 Å². The molecule has 0 aromatic rings. The second-order valence-corrected chi connectivity index (χ2v) is 3.02. The summed E-state index contributed by atoms with van der Waals surface area (Å²) in [5, 5.41) is -0.0579. The van der Waals surface area contributed by atoms with E-state index in [1.54, 1.807) is 0 Å². The Kier molecular flexibility index (Phi) is 5.23. The van der Waals surface area contributed by atoms with Crippen LogP contribution in [0.25, 0.3) is 0 Å². The molecule has 2 unspecified atom stereocenters. The Morgan fingerprint density at radius 1 is 1.25 bits per heavy atom. The van der Waals surface area contributed by atoms with Gasteiger partial charge in [0.1, 0.15) is 0 Å². The molecule has 0 saturated heterocycles. The molecule has 0 radical (unpaired) electrons. The van der Waals surface area contributed by atoms with Crippen molar-refractivity contribution < 1.29 is 0 Å². The molecule has 0 aliphatic carbocycles. The van der Waals surface area contributed by atoms with Gasteiger partial charge >= 0.3 is 0 Å². The minimum absolute atomic E-state index is 0.0224. The van der Waals surface area contributed by atoms with Crippen molar-refractivity contribution in [2.45, 2.75) is 24.1 Å². The number of hydrogen-bond donors (Lipinski definition) is 0. The molecule has 0 fully saturated rings. The van der Waals surface area contributed by atoms with Crippen molar-refractivity contribution in [1.29, 1.82) is 0 Å². The SMILES string of the molecule is CCC(Cl)C(Cl)CCl. The minimum atomic E-state index is -0.0802. The first-order valence-electron chi connectivity index (χ1n) is 2.56. The Bertz CT molecular complexity index is 47.6. The van der Waals surface area contributed by atoms with E-state index < -0.39 is 0 Å². The quantitative estimate of drug-likeness (QED) is 0.579. The molecule has 8 heavy (non-hydrogen) atoms. The van der Waals surface area contributed by atoms with Crippen LogP contribution in [-0.4, -0.2) is 16.6 Å². The van der Waals surface area contributed by atoms with Crippen LogP contribution in [0, 0.1) is 0 Å². The summed E-state index contributed by atoms with van der Waals surface area (Å²) in [6, 6.07) is 0. The summed E-state index contributed by atoms with van der Waals surface area (Å²) in [6.07, 6.45) is 0.877. The average molecular weight is 175 g/mol. The summed E-state index contributed by atoms with van der Waals surface area (Å²) in [7, 11) is 0. The largest absolute Gasteiger partial charge is 0.125 e. The highest BCUT2D eigenvalue weighted by molar-refractivity contribution is 6.33. The van der Waals surface area contributed by atoms with E-state index in [2.05, 4.69) is 0 Å². The Labute approximate surface area is 65.1 Å². The van der Waals surface area contributed by atoms with Gasteiger partial charge in [-0.25, -0.2) is 0 Å². The molecule has 0 saturated carbocycles. The van der Waals surface area contributed by atoms with E-state index in [1.165, 1.54) is 0 Å². The third kappa shape index (κ3) is 3.01. The zero-order valence-corrected chi connectivity index (χ0v) is 6.97. The Balaban J connectivity index is 3.29. The van der Waals surface area contributed by atoms with Crippen LogP contribution in [0.15, 0.2) is 0 Å². The van der Waals surface area contributed by atoms with E-state index in [1.807, 2.05) is 6.92 Å². The summed E-state index contributed by atoms with van der Waals surface area (Å²) in [5.41, 5.74) is 0. The standard InChI is InChI=1S/C5H9Cl3/c1-2-4(7)5(8)3-6/h4-5H,2-3H2,1H3. The maximum Gasteiger partial charge on any atom is 0.0634 e. The van der Waals surface area contributed by atoms with Crippen molar-refractivity contribution in [3.8, 4) is 0 Å². The summed E-state index contributed by atoms with van der Waals surface area (Å²) in [6.45, 7) is 1.99. The smallest absolute Gasteiger partial charge is 0.0634 e. The Hall–Kier alpha value is 0.870. The fourth-order valence-electron chi connectivity index (χ4n) is 0.352. The highest BCUT2D eigenvalue weighted by Gasteiger charge is 2.11. The lowest BCUT2D eigenvalue weighted by Crippen LogP contribution is -2.14. The van der Waals surface area contributed by atoms with Gasteiger partial charge in [0.15, 0.2) is 0 Å². The summed E-state index contributed by atoms with van der Waals surface area (Å²) in [5.74, 6) is 0.434. The highest BCUT2D eigenvalue weighted by atomic mass is 35.5. The molecule has 0 spiro atoms. The molecule has 0 heterocycles. The van der Waals surface area contributed by atoms with Gasteiger partial charge in [-0.05, 0) is 6.42 Å². The van der Waals surface area contributed by atoms with Gasteiger partial charge in [0.05, 0.1) is 10.8 Å². The average Bonchev–Trinajstić information content (AvgIpc) is 1.84. The van der Waals surface area contributed by atoms with Gasteiger partial charge in [-0.2, -0.15) is 0 Å². The van der Waals surface area contributed by atoms with Crippen molar-refractivity contribution in [2.75, 3.05) is 5.88 Å². The van der Waals surface area contributed by atoms with E-state index in [-0.39, 0.29) is 10.8 Å². The maximum absolute atomic E-state index is 5.70. The van der Waals surface area contributed by atoms with Crippen molar-refractivity contribution in [3.05, 3.63) is 0 Å². The molecule has 0 bridgehead atoms. The highest BCUT2D eigenvalue weighted by Crippen LogP contribution is 2.14. The number of rotatable bonds is 3. The number of alkyl halides is 3. The van der Waals surface area contributed by atoms with Crippen LogP contribution in [-0.2, 0) is 0 Å². The Morgan fingerprint density at radius 3 is 1.88 bits per heavy atom. The van der Waals surface area contributed by atoms with Crippen LogP contribution < -0.4 is 0 Å². The van der Waals surface area contributed by atoms with Crippen LogP contribution in [0.3, 0.4) is 0 Å². The van der Waals surface area contributed by atoms with Gasteiger partial charge in [0.2, 0.25) is 0 Å². The zero-order valence-electron chi connectivity index (χ0n) is 4.70. The summed E-state index contributed by atoms with van der Waals surface area (Å²) < 4.78 is 0. The third-order valence-electron chi connectivity index (χ3n) is 0.930. The fourth-order valence-corrected chi connectivity index (χ4v) is 0.926. The summed E-state index contributed by atoms with van der Waals surface area (Å²) >= 11 is 16.8. The molecule has 0 aliphatic rings. The molecule has 2 atom stereocenters. The maximum atomic E-state index is 5.70. The lowest BCUT2D eigenvalue weighted by molar-refractivity contribution is 0.794. The minimum Gasteiger partial charge on any atom is -0.125 e. The topological polar surface area (TPSA) is 0 Å². The van der Waals surface area contributed by atoms with Gasteiger partial charge in [0.25, 0.3) is 0 Å². The van der Waals surface area contributed by atoms with Crippen LogP contribution in [0.1, 0.15) is 13.3 Å². The van der Waals surface area contributed by atoms with E-state index in [9.17, 15) is 0 Å². The van der Waals surface area contributed by atoms with Gasteiger partial charge in [-0.1, -0.05) is 6.92 Å². The molecule has 3 heteroatoms. The van der Waals surface area contributed by atoms with Crippen molar-refractivity contribution >= 4 is 34.8 Å². The first-order valence-corrected chi connectivity index (χ1v) is 3.97. The van der Waals surface area contributed by atoms with Gasteiger partial charge in [0, 0.05) is 5.88 Å². The Morgan fingerprint density at radius 2 is 1.75 bits per heavy atom. The predicted octanol–water partition coefficient (Wildman–Crippen LogP) is 2.85. The molecule has 0 amide bonds. The molecule has 0 aromatic carbocycles. The van der Waals surface area contributed by atoms with Crippen LogP contribution >= 0.6 is 34.8 Å². The molecule has 50 valence electrons. The van der Waals surface area contributed by atoms with Crippen LogP contribution in [0.2, 0.25) is 0 Å². The first-order chi connectivity index (χ1) is 3.72. The predicted molar refractivity (Wildman–Crippen MR) is 40.3 cm³/mol.